The van der Waals surface area contributed by atoms with Crippen LogP contribution in [0.3, 0.4) is 0 Å². The second-order valence-corrected chi connectivity index (χ2v) is 5.43. The SMILES string of the molecule is CS(=O)(=O)c1ccc(OCC(F)=CCN)cc1. The molecule has 0 aromatic heterocycles. The monoisotopic (exact) mass is 259 g/mol. The summed E-state index contributed by atoms with van der Waals surface area (Å²) in [6, 6.07) is 5.78. The molecule has 4 nitrogen and oxygen atoms in total. The van der Waals surface area contributed by atoms with Crippen LogP contribution in [0.25, 0.3) is 0 Å². The van der Waals surface area contributed by atoms with Gasteiger partial charge in [-0.05, 0) is 30.3 Å². The summed E-state index contributed by atoms with van der Waals surface area (Å²) in [6.45, 7) is -0.0996. The predicted molar refractivity (Wildman–Crippen MR) is 63.3 cm³/mol. The van der Waals surface area contributed by atoms with Crippen molar-refractivity contribution in [2.24, 2.45) is 5.73 Å². The van der Waals surface area contributed by atoms with Crippen molar-refractivity contribution in [1.82, 2.24) is 0 Å². The minimum atomic E-state index is -3.22. The summed E-state index contributed by atoms with van der Waals surface area (Å²) in [5.74, 6) is -0.0577. The fraction of sp³-hybridized carbons (Fsp3) is 0.273. The summed E-state index contributed by atoms with van der Waals surface area (Å²) in [4.78, 5) is 0.197. The molecule has 0 aliphatic heterocycles. The molecule has 0 radical (unpaired) electrons. The van der Waals surface area contributed by atoms with E-state index in [1.165, 1.54) is 30.3 Å². The Kier molecular flexibility index (Phi) is 4.65. The Balaban J connectivity index is 2.67. The van der Waals surface area contributed by atoms with Crippen molar-refractivity contribution in [2.75, 3.05) is 19.4 Å². The van der Waals surface area contributed by atoms with Crippen LogP contribution >= 0.6 is 0 Å². The molecule has 0 unspecified atom stereocenters. The Morgan fingerprint density at radius 2 is 2.00 bits per heavy atom. The third kappa shape index (κ3) is 4.54. The zero-order chi connectivity index (χ0) is 12.9. The van der Waals surface area contributed by atoms with E-state index in [0.29, 0.717) is 5.75 Å². The second kappa shape index (κ2) is 5.79. The van der Waals surface area contributed by atoms with Gasteiger partial charge in [0.25, 0.3) is 0 Å². The van der Waals surface area contributed by atoms with E-state index in [1.807, 2.05) is 0 Å². The Bertz CT molecular complexity index is 494. The molecule has 1 aromatic carbocycles. The normalized spacial score (nSPS) is 12.5. The number of sulfone groups is 1. The van der Waals surface area contributed by atoms with Crippen LogP contribution in [-0.2, 0) is 9.84 Å². The molecule has 0 saturated heterocycles. The summed E-state index contributed by atoms with van der Waals surface area (Å²) in [7, 11) is -3.22. The van der Waals surface area contributed by atoms with Gasteiger partial charge >= 0.3 is 0 Å². The topological polar surface area (TPSA) is 69.4 Å². The maximum absolute atomic E-state index is 12.9. The van der Waals surface area contributed by atoms with Gasteiger partial charge in [0.1, 0.15) is 18.2 Å². The lowest BCUT2D eigenvalue weighted by Gasteiger charge is -2.05. The summed E-state index contributed by atoms with van der Waals surface area (Å²) in [5.41, 5.74) is 5.13. The first-order valence-corrected chi connectivity index (χ1v) is 6.80. The minimum Gasteiger partial charge on any atom is -0.487 e. The van der Waals surface area contributed by atoms with Crippen LogP contribution in [-0.4, -0.2) is 27.8 Å². The first-order valence-electron chi connectivity index (χ1n) is 4.91. The van der Waals surface area contributed by atoms with Crippen molar-refractivity contribution in [3.8, 4) is 5.75 Å². The lowest BCUT2D eigenvalue weighted by atomic mass is 10.3. The number of rotatable bonds is 5. The zero-order valence-electron chi connectivity index (χ0n) is 9.39. The van der Waals surface area contributed by atoms with Gasteiger partial charge in [-0.25, -0.2) is 12.8 Å². The van der Waals surface area contributed by atoms with Gasteiger partial charge in [-0.15, -0.1) is 0 Å². The van der Waals surface area contributed by atoms with Crippen LogP contribution < -0.4 is 10.5 Å². The molecule has 0 heterocycles. The van der Waals surface area contributed by atoms with Crippen LogP contribution in [0.4, 0.5) is 4.39 Å². The van der Waals surface area contributed by atoms with E-state index >= 15 is 0 Å². The molecule has 0 aliphatic rings. The molecule has 1 rings (SSSR count). The van der Waals surface area contributed by atoms with Crippen LogP contribution in [0.5, 0.6) is 5.75 Å². The molecular formula is C11H14FNO3S. The van der Waals surface area contributed by atoms with Gasteiger partial charge in [0.15, 0.2) is 9.84 Å². The van der Waals surface area contributed by atoms with E-state index < -0.39 is 15.7 Å². The van der Waals surface area contributed by atoms with E-state index in [0.717, 1.165) is 6.26 Å². The molecular weight excluding hydrogens is 245 g/mol. The fourth-order valence-corrected chi connectivity index (χ4v) is 1.75. The minimum absolute atomic E-state index is 0.113. The standard InChI is InChI=1S/C11H14FNO3S/c1-17(14,15)11-4-2-10(3-5-11)16-8-9(12)6-7-13/h2-6H,7-8,13H2,1H3. The van der Waals surface area contributed by atoms with Gasteiger partial charge in [0.2, 0.25) is 0 Å². The Morgan fingerprint density at radius 1 is 1.41 bits per heavy atom. The average molecular weight is 259 g/mol. The smallest absolute Gasteiger partial charge is 0.175 e. The quantitative estimate of drug-likeness (QED) is 0.864. The van der Waals surface area contributed by atoms with Gasteiger partial charge in [-0.3, -0.25) is 0 Å². The van der Waals surface area contributed by atoms with Gasteiger partial charge < -0.3 is 10.5 Å². The second-order valence-electron chi connectivity index (χ2n) is 3.42. The van der Waals surface area contributed by atoms with Crippen LogP contribution in [0.1, 0.15) is 0 Å². The van der Waals surface area contributed by atoms with Crippen molar-refractivity contribution in [3.05, 3.63) is 36.2 Å². The number of nitrogens with two attached hydrogens (primary N) is 1. The van der Waals surface area contributed by atoms with E-state index in [-0.39, 0.29) is 18.0 Å². The molecule has 0 spiro atoms. The number of benzene rings is 1. The van der Waals surface area contributed by atoms with Crippen molar-refractivity contribution >= 4 is 9.84 Å². The first kappa shape index (κ1) is 13.7. The molecule has 1 aromatic rings. The van der Waals surface area contributed by atoms with Crippen molar-refractivity contribution in [2.45, 2.75) is 4.90 Å². The highest BCUT2D eigenvalue weighted by Crippen LogP contribution is 2.16. The highest BCUT2D eigenvalue weighted by molar-refractivity contribution is 7.90. The molecule has 0 amide bonds. The largest absolute Gasteiger partial charge is 0.487 e. The zero-order valence-corrected chi connectivity index (χ0v) is 10.2. The molecule has 2 N–H and O–H groups in total. The lowest BCUT2D eigenvalue weighted by molar-refractivity contribution is 0.318. The fourth-order valence-electron chi connectivity index (χ4n) is 1.12. The van der Waals surface area contributed by atoms with Crippen molar-refractivity contribution < 1.29 is 17.5 Å². The number of hydrogen-bond acceptors (Lipinski definition) is 4. The lowest BCUT2D eigenvalue weighted by Crippen LogP contribution is -2.02. The third-order valence-electron chi connectivity index (χ3n) is 1.97. The molecule has 0 bridgehead atoms. The average Bonchev–Trinajstić information content (AvgIpc) is 2.26. The van der Waals surface area contributed by atoms with E-state index in [4.69, 9.17) is 10.5 Å². The van der Waals surface area contributed by atoms with Crippen molar-refractivity contribution in [1.29, 1.82) is 0 Å². The summed E-state index contributed by atoms with van der Waals surface area (Å²) >= 11 is 0. The van der Waals surface area contributed by atoms with Gasteiger partial charge in [0, 0.05) is 12.8 Å². The van der Waals surface area contributed by atoms with E-state index in [2.05, 4.69) is 0 Å². The number of ether oxygens (including phenoxy) is 1. The summed E-state index contributed by atoms with van der Waals surface area (Å²) < 4.78 is 40.4. The Morgan fingerprint density at radius 3 is 2.47 bits per heavy atom. The molecule has 94 valence electrons. The van der Waals surface area contributed by atoms with Crippen LogP contribution in [0.2, 0.25) is 0 Å². The van der Waals surface area contributed by atoms with Gasteiger partial charge in [0.05, 0.1) is 4.90 Å². The number of halogens is 1. The number of hydrogen-bond donors (Lipinski definition) is 1. The van der Waals surface area contributed by atoms with Crippen LogP contribution in [0, 0.1) is 0 Å². The Hall–Kier alpha value is -1.40. The Labute approximate surface area is 99.8 Å². The molecule has 0 saturated carbocycles. The molecule has 0 aliphatic carbocycles. The first-order chi connectivity index (χ1) is 7.93. The molecule has 0 atom stereocenters. The van der Waals surface area contributed by atoms with Gasteiger partial charge in [-0.2, -0.15) is 0 Å². The highest BCUT2D eigenvalue weighted by Gasteiger charge is 2.06. The molecule has 6 heteroatoms. The maximum atomic E-state index is 12.9. The summed E-state index contributed by atoms with van der Waals surface area (Å²) in [5, 5.41) is 0. The highest BCUT2D eigenvalue weighted by atomic mass is 32.2. The van der Waals surface area contributed by atoms with Crippen LogP contribution in [0.15, 0.2) is 41.1 Å². The summed E-state index contributed by atoms with van der Waals surface area (Å²) in [6.07, 6.45) is 2.33. The molecule has 17 heavy (non-hydrogen) atoms. The molecule has 0 fully saturated rings. The van der Waals surface area contributed by atoms with E-state index in [9.17, 15) is 12.8 Å². The van der Waals surface area contributed by atoms with Gasteiger partial charge in [-0.1, -0.05) is 0 Å². The predicted octanol–water partition coefficient (Wildman–Crippen LogP) is 1.28. The maximum Gasteiger partial charge on any atom is 0.175 e. The van der Waals surface area contributed by atoms with Crippen molar-refractivity contribution in [3.63, 3.8) is 0 Å². The third-order valence-corrected chi connectivity index (χ3v) is 3.10. The van der Waals surface area contributed by atoms with E-state index in [1.54, 1.807) is 0 Å².